The van der Waals surface area contributed by atoms with Crippen LogP contribution in [0.15, 0.2) is 128 Å². The molecule has 5 aromatic carbocycles. The Kier molecular flexibility index (Phi) is 5.14. The van der Waals surface area contributed by atoms with E-state index in [1.807, 2.05) is 42.5 Å². The molecule has 0 unspecified atom stereocenters. The fourth-order valence-corrected chi connectivity index (χ4v) is 9.19. The molecule has 3 nitrogen and oxygen atoms in total. The van der Waals surface area contributed by atoms with E-state index in [-0.39, 0.29) is 5.41 Å². The Morgan fingerprint density at radius 1 is 0.512 bits per heavy atom. The summed E-state index contributed by atoms with van der Waals surface area (Å²) in [7, 11) is -3.29. The number of fused-ring (bicyclic) bond motifs is 9. The van der Waals surface area contributed by atoms with E-state index in [1.54, 1.807) is 12.4 Å². The largest absolute Gasteiger partial charge is 0.305 e. The number of rotatable bonds is 3. The second kappa shape index (κ2) is 8.70. The Morgan fingerprint density at radius 3 is 1.54 bits per heavy atom. The van der Waals surface area contributed by atoms with Crippen LogP contribution in [0, 0.1) is 0 Å². The maximum absolute atomic E-state index is 15.1. The van der Waals surface area contributed by atoms with Crippen molar-refractivity contribution in [3.63, 3.8) is 0 Å². The summed E-state index contributed by atoms with van der Waals surface area (Å²) in [5.41, 5.74) is 5.74. The molecule has 0 fully saturated rings. The zero-order valence-corrected chi connectivity index (χ0v) is 23.8. The van der Waals surface area contributed by atoms with Gasteiger partial charge in [-0.2, -0.15) is 0 Å². The first-order valence-corrected chi connectivity index (χ1v) is 15.6. The standard InChI is InChI=1S/C37H27N2OP/c1-37(2)33-21-24(41(40,35-15-7-9-19-38-35)36-16-8-10-20-39-36)17-18-29(33)32-22-30-27-13-5-3-11-25(27)26-12-4-6-14-28(26)31(30)23-34(32)37/h3-23H,1-2H3. The van der Waals surface area contributed by atoms with Crippen molar-refractivity contribution in [1.82, 2.24) is 9.97 Å². The Balaban J connectivity index is 1.40. The summed E-state index contributed by atoms with van der Waals surface area (Å²) in [6, 6.07) is 39.7. The number of aromatic nitrogens is 2. The van der Waals surface area contributed by atoms with E-state index < -0.39 is 7.14 Å². The third-order valence-corrected chi connectivity index (χ3v) is 11.7. The van der Waals surface area contributed by atoms with Gasteiger partial charge in [-0.3, -0.25) is 9.97 Å². The Labute approximate surface area is 238 Å². The van der Waals surface area contributed by atoms with E-state index in [1.165, 1.54) is 54.6 Å². The van der Waals surface area contributed by atoms with E-state index in [0.717, 1.165) is 5.30 Å². The maximum Gasteiger partial charge on any atom is 0.205 e. The molecule has 2 heterocycles. The van der Waals surface area contributed by atoms with Gasteiger partial charge in [0.25, 0.3) is 0 Å². The molecule has 0 bridgehead atoms. The van der Waals surface area contributed by atoms with Crippen LogP contribution in [0.4, 0.5) is 0 Å². The number of benzene rings is 5. The first kappa shape index (κ1) is 24.2. The molecule has 0 saturated heterocycles. The summed E-state index contributed by atoms with van der Waals surface area (Å²) in [5, 5.41) is 8.38. The Hall–Kier alpha value is -4.59. The van der Waals surface area contributed by atoms with Crippen molar-refractivity contribution in [2.75, 3.05) is 0 Å². The molecular weight excluding hydrogens is 519 g/mol. The highest BCUT2D eigenvalue weighted by Gasteiger charge is 2.39. The Bertz CT molecular complexity index is 2160. The molecule has 41 heavy (non-hydrogen) atoms. The minimum Gasteiger partial charge on any atom is -0.305 e. The fraction of sp³-hybridized carbons (Fsp3) is 0.0811. The van der Waals surface area contributed by atoms with Crippen LogP contribution in [-0.2, 0) is 9.98 Å². The SMILES string of the molecule is CC1(C)c2cc(P(=O)(c3ccccn3)c3ccccn3)ccc2-c2cc3c4ccccc4c4ccccc4c3cc21. The first-order chi connectivity index (χ1) is 20.0. The molecule has 1 aliphatic carbocycles. The van der Waals surface area contributed by atoms with Crippen LogP contribution >= 0.6 is 7.14 Å². The normalized spacial score (nSPS) is 13.9. The van der Waals surface area contributed by atoms with Crippen LogP contribution in [0.2, 0.25) is 0 Å². The average Bonchev–Trinajstić information content (AvgIpc) is 3.26. The highest BCUT2D eigenvalue weighted by atomic mass is 31.2. The molecule has 0 atom stereocenters. The van der Waals surface area contributed by atoms with Gasteiger partial charge in [-0.05, 0) is 97.0 Å². The van der Waals surface area contributed by atoms with Crippen molar-refractivity contribution in [1.29, 1.82) is 0 Å². The summed E-state index contributed by atoms with van der Waals surface area (Å²) in [6.45, 7) is 4.56. The summed E-state index contributed by atoms with van der Waals surface area (Å²) < 4.78 is 15.1. The summed E-state index contributed by atoms with van der Waals surface area (Å²) in [5.74, 6) is 0. The zero-order valence-electron chi connectivity index (χ0n) is 22.9. The lowest BCUT2D eigenvalue weighted by atomic mass is 9.81. The number of hydrogen-bond donors (Lipinski definition) is 0. The van der Waals surface area contributed by atoms with Gasteiger partial charge in [0.2, 0.25) is 7.14 Å². The molecule has 0 aliphatic heterocycles. The predicted molar refractivity (Wildman–Crippen MR) is 172 cm³/mol. The molecular formula is C37H27N2OP. The molecule has 0 spiro atoms. The average molecular weight is 547 g/mol. The highest BCUT2D eigenvalue weighted by Crippen LogP contribution is 2.52. The molecule has 4 heteroatoms. The molecule has 0 N–H and O–H groups in total. The summed E-state index contributed by atoms with van der Waals surface area (Å²) in [6.07, 6.45) is 3.41. The van der Waals surface area contributed by atoms with E-state index in [2.05, 4.69) is 96.6 Å². The van der Waals surface area contributed by atoms with Crippen molar-refractivity contribution in [3.8, 4) is 11.1 Å². The Morgan fingerprint density at radius 2 is 1.00 bits per heavy atom. The number of hydrogen-bond acceptors (Lipinski definition) is 3. The van der Waals surface area contributed by atoms with Gasteiger partial charge in [-0.25, -0.2) is 0 Å². The van der Waals surface area contributed by atoms with Gasteiger partial charge in [-0.15, -0.1) is 0 Å². The molecule has 2 aromatic heterocycles. The number of nitrogens with zero attached hydrogens (tertiary/aromatic N) is 2. The minimum absolute atomic E-state index is 0.277. The molecule has 0 saturated carbocycles. The van der Waals surface area contributed by atoms with Crippen LogP contribution in [0.5, 0.6) is 0 Å². The van der Waals surface area contributed by atoms with Gasteiger partial charge in [0, 0.05) is 23.1 Å². The molecule has 8 rings (SSSR count). The van der Waals surface area contributed by atoms with Gasteiger partial charge < -0.3 is 4.57 Å². The minimum atomic E-state index is -3.29. The zero-order chi connectivity index (χ0) is 27.8. The smallest absolute Gasteiger partial charge is 0.205 e. The van der Waals surface area contributed by atoms with Crippen LogP contribution < -0.4 is 16.2 Å². The second-order valence-electron chi connectivity index (χ2n) is 11.4. The molecule has 0 radical (unpaired) electrons. The van der Waals surface area contributed by atoms with Crippen molar-refractivity contribution in [2.45, 2.75) is 19.3 Å². The quantitative estimate of drug-likeness (QED) is 0.167. The second-order valence-corrected chi connectivity index (χ2v) is 14.0. The first-order valence-electron chi connectivity index (χ1n) is 13.9. The fourth-order valence-electron chi connectivity index (χ4n) is 6.78. The van der Waals surface area contributed by atoms with E-state index in [4.69, 9.17) is 0 Å². The molecule has 1 aliphatic rings. The highest BCUT2D eigenvalue weighted by molar-refractivity contribution is 7.84. The molecule has 7 aromatic rings. The van der Waals surface area contributed by atoms with Crippen LogP contribution in [-0.4, -0.2) is 9.97 Å². The lowest BCUT2D eigenvalue weighted by Gasteiger charge is -2.24. The van der Waals surface area contributed by atoms with Gasteiger partial charge in [0.15, 0.2) is 0 Å². The third kappa shape index (κ3) is 3.36. The molecule has 0 amide bonds. The lowest BCUT2D eigenvalue weighted by molar-refractivity contribution is 0.591. The van der Waals surface area contributed by atoms with Crippen molar-refractivity contribution >= 4 is 55.6 Å². The predicted octanol–water partition coefficient (Wildman–Crippen LogP) is 7.88. The third-order valence-electron chi connectivity index (χ3n) is 8.83. The number of pyridine rings is 2. The van der Waals surface area contributed by atoms with Gasteiger partial charge in [0.05, 0.1) is 0 Å². The maximum atomic E-state index is 15.1. The monoisotopic (exact) mass is 546 g/mol. The van der Waals surface area contributed by atoms with Gasteiger partial charge in [-0.1, -0.05) is 86.6 Å². The lowest BCUT2D eigenvalue weighted by Crippen LogP contribution is -2.29. The van der Waals surface area contributed by atoms with E-state index >= 15 is 4.57 Å². The van der Waals surface area contributed by atoms with Crippen LogP contribution in [0.3, 0.4) is 0 Å². The van der Waals surface area contributed by atoms with E-state index in [9.17, 15) is 0 Å². The van der Waals surface area contributed by atoms with E-state index in [0.29, 0.717) is 10.9 Å². The van der Waals surface area contributed by atoms with Crippen LogP contribution in [0.25, 0.3) is 43.4 Å². The van der Waals surface area contributed by atoms with Crippen molar-refractivity contribution in [2.24, 2.45) is 0 Å². The van der Waals surface area contributed by atoms with Crippen LogP contribution in [0.1, 0.15) is 25.0 Å². The molecule has 196 valence electrons. The van der Waals surface area contributed by atoms with Gasteiger partial charge >= 0.3 is 0 Å². The van der Waals surface area contributed by atoms with Crippen molar-refractivity contribution < 1.29 is 4.57 Å². The topological polar surface area (TPSA) is 42.9 Å². The summed E-state index contributed by atoms with van der Waals surface area (Å²) in [4.78, 5) is 9.13. The van der Waals surface area contributed by atoms with Gasteiger partial charge in [0.1, 0.15) is 10.9 Å². The summed E-state index contributed by atoms with van der Waals surface area (Å²) >= 11 is 0. The van der Waals surface area contributed by atoms with Crippen molar-refractivity contribution in [3.05, 3.63) is 139 Å².